The van der Waals surface area contributed by atoms with E-state index in [1.54, 1.807) is 0 Å². The van der Waals surface area contributed by atoms with Crippen molar-refractivity contribution in [3.05, 3.63) is 12.2 Å². The first-order valence-corrected chi connectivity index (χ1v) is 10.6. The zero-order valence-corrected chi connectivity index (χ0v) is 16.7. The molecule has 0 fully saturated rings. The van der Waals surface area contributed by atoms with Crippen molar-refractivity contribution in [1.82, 2.24) is 0 Å². The molecule has 3 nitrogen and oxygen atoms in total. The third-order valence-corrected chi connectivity index (χ3v) is 4.83. The number of unbranched alkanes of at least 4 members (excludes halogenated alkanes) is 11. The van der Waals surface area contributed by atoms with Crippen LogP contribution in [0.25, 0.3) is 0 Å². The van der Waals surface area contributed by atoms with E-state index in [1.807, 2.05) is 6.92 Å². The number of hydrogen-bond acceptors (Lipinski definition) is 2. The molecule has 0 aromatic rings. The van der Waals surface area contributed by atoms with Crippen molar-refractivity contribution in [1.29, 1.82) is 0 Å². The van der Waals surface area contributed by atoms with Crippen LogP contribution in [-0.4, -0.2) is 11.7 Å². The number of ketones is 1. The lowest BCUT2D eigenvalue weighted by Crippen LogP contribution is -2.29. The smallest absolute Gasteiger partial charge is 0.227 e. The summed E-state index contributed by atoms with van der Waals surface area (Å²) < 4.78 is 0. The van der Waals surface area contributed by atoms with Crippen molar-refractivity contribution < 1.29 is 9.59 Å². The Morgan fingerprint density at radius 3 is 1.72 bits per heavy atom. The van der Waals surface area contributed by atoms with Gasteiger partial charge in [-0.25, -0.2) is 0 Å². The number of rotatable bonds is 18. The van der Waals surface area contributed by atoms with Crippen LogP contribution in [0.2, 0.25) is 0 Å². The normalized spacial score (nSPS) is 12.6. The summed E-state index contributed by atoms with van der Waals surface area (Å²) in [4.78, 5) is 23.0. The topological polar surface area (TPSA) is 60.2 Å². The Morgan fingerprint density at radius 2 is 1.24 bits per heavy atom. The second-order valence-corrected chi connectivity index (χ2v) is 7.16. The average Bonchev–Trinajstić information content (AvgIpc) is 2.58. The summed E-state index contributed by atoms with van der Waals surface area (Å²) in [7, 11) is 0. The zero-order chi connectivity index (χ0) is 18.8. The Morgan fingerprint density at radius 1 is 0.760 bits per heavy atom. The number of Topliss-reactive ketones (excluding diaryl/α,β-unsaturated/α-hetero) is 1. The van der Waals surface area contributed by atoms with Gasteiger partial charge in [0.1, 0.15) is 5.78 Å². The minimum absolute atomic E-state index is 0.0210. The predicted octanol–water partition coefficient (Wildman–Crippen LogP) is 6.10. The minimum Gasteiger partial charge on any atom is -0.369 e. The molecule has 0 aromatic carbocycles. The molecule has 0 aliphatic heterocycles. The van der Waals surface area contributed by atoms with E-state index in [-0.39, 0.29) is 5.78 Å². The zero-order valence-electron chi connectivity index (χ0n) is 16.7. The Labute approximate surface area is 155 Å². The van der Waals surface area contributed by atoms with Gasteiger partial charge in [-0.1, -0.05) is 77.4 Å². The van der Waals surface area contributed by atoms with E-state index in [1.165, 1.54) is 70.6 Å². The van der Waals surface area contributed by atoms with Gasteiger partial charge in [-0.05, 0) is 38.5 Å². The number of nitrogens with two attached hydrogens (primary N) is 1. The summed E-state index contributed by atoms with van der Waals surface area (Å²) in [6.45, 7) is 4.10. The second-order valence-electron chi connectivity index (χ2n) is 7.16. The SMILES string of the molecule is CCCCCCCC/C=C\CCCCCCCC(=O)C(CC)C(N)=O. The number of carbonyl (C=O) groups excluding carboxylic acids is 2. The van der Waals surface area contributed by atoms with E-state index in [4.69, 9.17) is 5.73 Å². The maximum Gasteiger partial charge on any atom is 0.227 e. The van der Waals surface area contributed by atoms with Gasteiger partial charge in [0.15, 0.2) is 0 Å². The average molecular weight is 352 g/mol. The summed E-state index contributed by atoms with van der Waals surface area (Å²) in [5.74, 6) is -1.02. The molecule has 1 amide bonds. The molecular formula is C22H41NO2. The van der Waals surface area contributed by atoms with Gasteiger partial charge in [0.05, 0.1) is 5.92 Å². The fourth-order valence-electron chi connectivity index (χ4n) is 3.13. The predicted molar refractivity (Wildman–Crippen MR) is 107 cm³/mol. The summed E-state index contributed by atoms with van der Waals surface area (Å²) in [5, 5.41) is 0. The third kappa shape index (κ3) is 14.9. The third-order valence-electron chi connectivity index (χ3n) is 4.83. The number of carbonyl (C=O) groups is 2. The quantitative estimate of drug-likeness (QED) is 0.184. The van der Waals surface area contributed by atoms with E-state index >= 15 is 0 Å². The Bertz CT molecular complexity index is 363. The molecule has 25 heavy (non-hydrogen) atoms. The van der Waals surface area contributed by atoms with Crippen LogP contribution in [0.5, 0.6) is 0 Å². The first kappa shape index (κ1) is 23.9. The highest BCUT2D eigenvalue weighted by Gasteiger charge is 2.20. The molecule has 0 spiro atoms. The van der Waals surface area contributed by atoms with Gasteiger partial charge in [0.2, 0.25) is 5.91 Å². The van der Waals surface area contributed by atoms with E-state index in [0.29, 0.717) is 12.8 Å². The fourth-order valence-corrected chi connectivity index (χ4v) is 3.13. The molecule has 0 aromatic heterocycles. The lowest BCUT2D eigenvalue weighted by molar-refractivity contribution is -0.132. The molecule has 1 atom stereocenters. The Balaban J connectivity index is 3.37. The number of primary amides is 1. The first-order chi connectivity index (χ1) is 12.1. The highest BCUT2D eigenvalue weighted by Crippen LogP contribution is 2.13. The van der Waals surface area contributed by atoms with E-state index < -0.39 is 11.8 Å². The number of hydrogen-bond donors (Lipinski definition) is 1. The van der Waals surface area contributed by atoms with Gasteiger partial charge >= 0.3 is 0 Å². The van der Waals surface area contributed by atoms with Crippen LogP contribution in [0.15, 0.2) is 12.2 Å². The summed E-state index contributed by atoms with van der Waals surface area (Å²) >= 11 is 0. The van der Waals surface area contributed by atoms with Gasteiger partial charge in [-0.3, -0.25) is 9.59 Å². The van der Waals surface area contributed by atoms with Crippen LogP contribution in [0.1, 0.15) is 110 Å². The van der Waals surface area contributed by atoms with Crippen LogP contribution < -0.4 is 5.73 Å². The lowest BCUT2D eigenvalue weighted by atomic mass is 9.96. The molecule has 0 saturated heterocycles. The van der Waals surface area contributed by atoms with Gasteiger partial charge in [-0.2, -0.15) is 0 Å². The second kappa shape index (κ2) is 17.7. The number of allylic oxidation sites excluding steroid dienone is 2. The standard InChI is InChI=1S/C22H41NO2/c1-3-5-6-7-8-9-10-11-12-13-14-15-16-17-18-19-21(24)20(4-2)22(23)25/h11-12,20H,3-10,13-19H2,1-2H3,(H2,23,25)/b12-11-. The molecule has 0 bridgehead atoms. The van der Waals surface area contributed by atoms with Crippen LogP contribution in [0.4, 0.5) is 0 Å². The largest absolute Gasteiger partial charge is 0.369 e. The summed E-state index contributed by atoms with van der Waals surface area (Å²) in [5.41, 5.74) is 5.24. The van der Waals surface area contributed by atoms with Crippen molar-refractivity contribution >= 4 is 11.7 Å². The summed E-state index contributed by atoms with van der Waals surface area (Å²) in [6.07, 6.45) is 21.9. The highest BCUT2D eigenvalue weighted by molar-refractivity contribution is 6.00. The molecular weight excluding hydrogens is 310 g/mol. The Hall–Kier alpha value is -1.12. The number of amides is 1. The van der Waals surface area contributed by atoms with Gasteiger partial charge < -0.3 is 5.73 Å². The van der Waals surface area contributed by atoms with Crippen molar-refractivity contribution in [2.24, 2.45) is 11.7 Å². The molecule has 0 radical (unpaired) electrons. The van der Waals surface area contributed by atoms with Gasteiger partial charge in [-0.15, -0.1) is 0 Å². The molecule has 0 aliphatic rings. The van der Waals surface area contributed by atoms with Crippen molar-refractivity contribution in [3.63, 3.8) is 0 Å². The van der Waals surface area contributed by atoms with Crippen LogP contribution in [-0.2, 0) is 9.59 Å². The molecule has 1 unspecified atom stereocenters. The van der Waals surface area contributed by atoms with Gasteiger partial charge in [0, 0.05) is 6.42 Å². The van der Waals surface area contributed by atoms with Crippen molar-refractivity contribution in [2.75, 3.05) is 0 Å². The van der Waals surface area contributed by atoms with Crippen molar-refractivity contribution in [3.8, 4) is 0 Å². The first-order valence-electron chi connectivity index (χ1n) is 10.6. The minimum atomic E-state index is -0.572. The molecule has 0 saturated carbocycles. The molecule has 2 N–H and O–H groups in total. The van der Waals surface area contributed by atoms with Gasteiger partial charge in [0.25, 0.3) is 0 Å². The monoisotopic (exact) mass is 351 g/mol. The molecule has 0 rings (SSSR count). The van der Waals surface area contributed by atoms with E-state index in [2.05, 4.69) is 19.1 Å². The van der Waals surface area contributed by atoms with Crippen molar-refractivity contribution in [2.45, 2.75) is 110 Å². The molecule has 3 heteroatoms. The molecule has 0 aliphatic carbocycles. The van der Waals surface area contributed by atoms with E-state index in [0.717, 1.165) is 12.8 Å². The lowest BCUT2D eigenvalue weighted by Gasteiger charge is -2.09. The fraction of sp³-hybridized carbons (Fsp3) is 0.818. The van der Waals surface area contributed by atoms with Crippen LogP contribution in [0.3, 0.4) is 0 Å². The van der Waals surface area contributed by atoms with E-state index in [9.17, 15) is 9.59 Å². The highest BCUT2D eigenvalue weighted by atomic mass is 16.2. The maximum absolute atomic E-state index is 11.8. The Kier molecular flexibility index (Phi) is 16.9. The van der Waals surface area contributed by atoms with Crippen LogP contribution >= 0.6 is 0 Å². The molecule has 146 valence electrons. The van der Waals surface area contributed by atoms with Crippen LogP contribution in [0, 0.1) is 5.92 Å². The maximum atomic E-state index is 11.8. The molecule has 0 heterocycles. The summed E-state index contributed by atoms with van der Waals surface area (Å²) in [6, 6.07) is 0.